The van der Waals surface area contributed by atoms with E-state index in [1.807, 2.05) is 25.1 Å². The van der Waals surface area contributed by atoms with Gasteiger partial charge in [0, 0.05) is 5.69 Å². The molecular formula is C24H28FNO3. The van der Waals surface area contributed by atoms with Crippen LogP contribution in [-0.4, -0.2) is 18.5 Å². The molecule has 4 nitrogen and oxygen atoms in total. The second-order valence-corrected chi connectivity index (χ2v) is 8.11. The van der Waals surface area contributed by atoms with Crippen molar-refractivity contribution in [1.82, 2.24) is 0 Å². The molecule has 2 aromatic carbocycles. The van der Waals surface area contributed by atoms with Gasteiger partial charge in [0.15, 0.2) is 6.61 Å². The zero-order valence-electron chi connectivity index (χ0n) is 17.3. The third-order valence-corrected chi connectivity index (χ3v) is 5.77. The molecule has 0 heterocycles. The molecule has 0 bridgehead atoms. The maximum absolute atomic E-state index is 13.3. The summed E-state index contributed by atoms with van der Waals surface area (Å²) in [7, 11) is 0. The number of esters is 1. The first-order chi connectivity index (χ1) is 13.8. The number of anilines is 1. The van der Waals surface area contributed by atoms with Crippen molar-refractivity contribution in [2.24, 2.45) is 0 Å². The molecule has 1 fully saturated rings. The standard InChI is InChI=1S/C24H28FNO3/c1-16(2)20-8-6-7-17(3)22(20)26-21(27)15-29-23(28)24(13-4-5-14-24)18-9-11-19(25)12-10-18/h6-12,16H,4-5,13-15H2,1-3H3,(H,26,27). The number of halogens is 1. The molecule has 1 N–H and O–H groups in total. The first kappa shape index (κ1) is 21.0. The third-order valence-electron chi connectivity index (χ3n) is 5.77. The Hall–Kier alpha value is -2.69. The normalized spacial score (nSPS) is 15.3. The summed E-state index contributed by atoms with van der Waals surface area (Å²) in [6, 6.07) is 11.9. The molecule has 0 aromatic heterocycles. The molecule has 29 heavy (non-hydrogen) atoms. The fourth-order valence-corrected chi connectivity index (χ4v) is 4.15. The molecule has 1 aliphatic rings. The highest BCUT2D eigenvalue weighted by molar-refractivity contribution is 5.95. The number of aryl methyl sites for hydroxylation is 1. The van der Waals surface area contributed by atoms with Crippen LogP contribution < -0.4 is 5.32 Å². The molecular weight excluding hydrogens is 369 g/mol. The summed E-state index contributed by atoms with van der Waals surface area (Å²) >= 11 is 0. The van der Waals surface area contributed by atoms with Crippen molar-refractivity contribution in [3.8, 4) is 0 Å². The Morgan fingerprint density at radius 1 is 1.10 bits per heavy atom. The van der Waals surface area contributed by atoms with Gasteiger partial charge in [0.2, 0.25) is 0 Å². The van der Waals surface area contributed by atoms with Crippen molar-refractivity contribution >= 4 is 17.6 Å². The van der Waals surface area contributed by atoms with Crippen LogP contribution >= 0.6 is 0 Å². The third kappa shape index (κ3) is 4.50. The maximum atomic E-state index is 13.3. The van der Waals surface area contributed by atoms with Gasteiger partial charge in [-0.15, -0.1) is 0 Å². The Morgan fingerprint density at radius 2 is 1.76 bits per heavy atom. The Balaban J connectivity index is 1.70. The molecule has 0 radical (unpaired) electrons. The fourth-order valence-electron chi connectivity index (χ4n) is 4.15. The smallest absolute Gasteiger partial charge is 0.317 e. The van der Waals surface area contributed by atoms with E-state index in [4.69, 9.17) is 4.74 Å². The number of ether oxygens (including phenoxy) is 1. The van der Waals surface area contributed by atoms with E-state index >= 15 is 0 Å². The molecule has 1 saturated carbocycles. The average molecular weight is 397 g/mol. The molecule has 0 unspecified atom stereocenters. The summed E-state index contributed by atoms with van der Waals surface area (Å²) in [5.74, 6) is -0.853. The lowest BCUT2D eigenvalue weighted by molar-refractivity contribution is -0.153. The highest BCUT2D eigenvalue weighted by Crippen LogP contribution is 2.42. The Morgan fingerprint density at radius 3 is 2.38 bits per heavy atom. The van der Waals surface area contributed by atoms with E-state index in [0.717, 1.165) is 35.2 Å². The van der Waals surface area contributed by atoms with Crippen LogP contribution in [0.5, 0.6) is 0 Å². The number of hydrogen-bond acceptors (Lipinski definition) is 3. The first-order valence-electron chi connectivity index (χ1n) is 10.2. The number of amides is 1. The summed E-state index contributed by atoms with van der Waals surface area (Å²) in [6.45, 7) is 5.73. The van der Waals surface area contributed by atoms with Gasteiger partial charge in [-0.1, -0.05) is 57.0 Å². The van der Waals surface area contributed by atoms with Gasteiger partial charge in [0.1, 0.15) is 5.82 Å². The minimum Gasteiger partial charge on any atom is -0.455 e. The van der Waals surface area contributed by atoms with Crippen LogP contribution in [0.2, 0.25) is 0 Å². The van der Waals surface area contributed by atoms with Crippen LogP contribution in [0.1, 0.15) is 62.1 Å². The zero-order chi connectivity index (χ0) is 21.0. The monoisotopic (exact) mass is 397 g/mol. The lowest BCUT2D eigenvalue weighted by atomic mass is 9.79. The number of benzene rings is 2. The van der Waals surface area contributed by atoms with E-state index in [1.165, 1.54) is 12.1 Å². The largest absolute Gasteiger partial charge is 0.455 e. The number of carbonyl (C=O) groups is 2. The molecule has 0 saturated heterocycles. The topological polar surface area (TPSA) is 55.4 Å². The first-order valence-corrected chi connectivity index (χ1v) is 10.2. The number of hydrogen-bond donors (Lipinski definition) is 1. The van der Waals surface area contributed by atoms with E-state index in [9.17, 15) is 14.0 Å². The minimum absolute atomic E-state index is 0.257. The summed E-state index contributed by atoms with van der Waals surface area (Å²) in [4.78, 5) is 25.5. The van der Waals surface area contributed by atoms with Gasteiger partial charge in [0.05, 0.1) is 5.41 Å². The van der Waals surface area contributed by atoms with Gasteiger partial charge in [0.25, 0.3) is 5.91 Å². The maximum Gasteiger partial charge on any atom is 0.317 e. The SMILES string of the molecule is Cc1cccc(C(C)C)c1NC(=O)COC(=O)C1(c2ccc(F)cc2)CCCC1. The summed E-state index contributed by atoms with van der Waals surface area (Å²) < 4.78 is 18.8. The predicted octanol–water partition coefficient (Wildman–Crippen LogP) is 5.25. The van der Waals surface area contributed by atoms with Crippen molar-refractivity contribution in [1.29, 1.82) is 0 Å². The van der Waals surface area contributed by atoms with Crippen molar-refractivity contribution in [3.63, 3.8) is 0 Å². The summed E-state index contributed by atoms with van der Waals surface area (Å²) in [6.07, 6.45) is 3.10. The average Bonchev–Trinajstić information content (AvgIpc) is 3.19. The number of rotatable bonds is 6. The minimum atomic E-state index is -0.792. The van der Waals surface area contributed by atoms with Gasteiger partial charge >= 0.3 is 5.97 Å². The predicted molar refractivity (Wildman–Crippen MR) is 111 cm³/mol. The summed E-state index contributed by atoms with van der Waals surface area (Å²) in [5.41, 5.74) is 2.75. The molecule has 1 amide bonds. The summed E-state index contributed by atoms with van der Waals surface area (Å²) in [5, 5.41) is 2.90. The lowest BCUT2D eigenvalue weighted by Gasteiger charge is -2.27. The highest BCUT2D eigenvalue weighted by atomic mass is 19.1. The van der Waals surface area contributed by atoms with Crippen molar-refractivity contribution in [3.05, 3.63) is 65.0 Å². The van der Waals surface area contributed by atoms with Crippen molar-refractivity contribution in [2.45, 2.75) is 57.8 Å². The molecule has 0 atom stereocenters. The van der Waals surface area contributed by atoms with Gasteiger partial charge < -0.3 is 10.1 Å². The second-order valence-electron chi connectivity index (χ2n) is 8.11. The number of nitrogens with one attached hydrogen (secondary N) is 1. The van der Waals surface area contributed by atoms with Gasteiger partial charge in [-0.25, -0.2) is 4.39 Å². The molecule has 5 heteroatoms. The number of carbonyl (C=O) groups excluding carboxylic acids is 2. The van der Waals surface area contributed by atoms with Gasteiger partial charge in [-0.2, -0.15) is 0 Å². The Kier molecular flexibility index (Phi) is 6.36. The molecule has 0 spiro atoms. The molecule has 2 aromatic rings. The van der Waals surface area contributed by atoms with E-state index in [0.29, 0.717) is 12.8 Å². The number of para-hydroxylation sites is 1. The van der Waals surface area contributed by atoms with Crippen LogP contribution in [0, 0.1) is 12.7 Å². The Bertz CT molecular complexity index is 883. The molecule has 3 rings (SSSR count). The Labute approximate surface area is 171 Å². The van der Waals surface area contributed by atoms with Crippen LogP contribution in [0.3, 0.4) is 0 Å². The van der Waals surface area contributed by atoms with Crippen molar-refractivity contribution < 1.29 is 18.7 Å². The van der Waals surface area contributed by atoms with Crippen LogP contribution in [-0.2, 0) is 19.7 Å². The highest BCUT2D eigenvalue weighted by Gasteiger charge is 2.44. The van der Waals surface area contributed by atoms with E-state index in [1.54, 1.807) is 12.1 Å². The van der Waals surface area contributed by atoms with Crippen LogP contribution in [0.15, 0.2) is 42.5 Å². The van der Waals surface area contributed by atoms with Crippen molar-refractivity contribution in [2.75, 3.05) is 11.9 Å². The fraction of sp³-hybridized carbons (Fsp3) is 0.417. The lowest BCUT2D eigenvalue weighted by Crippen LogP contribution is -2.36. The van der Waals surface area contributed by atoms with Gasteiger partial charge in [-0.05, 0) is 54.5 Å². The van der Waals surface area contributed by atoms with E-state index < -0.39 is 11.4 Å². The molecule has 154 valence electrons. The van der Waals surface area contributed by atoms with Gasteiger partial charge in [-0.3, -0.25) is 9.59 Å². The van der Waals surface area contributed by atoms with E-state index in [2.05, 4.69) is 19.2 Å². The molecule has 0 aliphatic heterocycles. The van der Waals surface area contributed by atoms with E-state index in [-0.39, 0.29) is 24.2 Å². The van der Waals surface area contributed by atoms with Crippen LogP contribution in [0.4, 0.5) is 10.1 Å². The zero-order valence-corrected chi connectivity index (χ0v) is 17.3. The molecule has 1 aliphatic carbocycles. The quantitative estimate of drug-likeness (QED) is 0.677. The second kappa shape index (κ2) is 8.76. The van der Waals surface area contributed by atoms with Crippen LogP contribution in [0.25, 0.3) is 0 Å².